The van der Waals surface area contributed by atoms with Gasteiger partial charge in [-0.2, -0.15) is 0 Å². The zero-order valence-corrected chi connectivity index (χ0v) is 23.6. The Morgan fingerprint density at radius 3 is 2.33 bits per heavy atom. The minimum Gasteiger partial charge on any atom is -0.497 e. The molecule has 0 fully saturated rings. The molecule has 0 spiro atoms. The lowest BCUT2D eigenvalue weighted by molar-refractivity contribution is -0.120. The second-order valence-electron chi connectivity index (χ2n) is 8.78. The van der Waals surface area contributed by atoms with Gasteiger partial charge in [-0.3, -0.25) is 14.2 Å². The van der Waals surface area contributed by atoms with Crippen LogP contribution >= 0.6 is 11.8 Å². The average Bonchev–Trinajstić information content (AvgIpc) is 3.37. The summed E-state index contributed by atoms with van der Waals surface area (Å²) in [4.78, 5) is 25.4. The number of amides is 2. The highest BCUT2D eigenvalue weighted by Crippen LogP contribution is 2.32. The molecular formula is C29H31N5O5S. The van der Waals surface area contributed by atoms with Crippen LogP contribution in [-0.4, -0.2) is 53.7 Å². The molecule has 4 aromatic rings. The number of rotatable bonds is 12. The third-order valence-electron chi connectivity index (χ3n) is 5.93. The molecule has 10 nitrogen and oxygen atoms in total. The van der Waals surface area contributed by atoms with Crippen LogP contribution in [0.25, 0.3) is 5.69 Å². The predicted octanol–water partition coefficient (Wildman–Crippen LogP) is 4.19. The van der Waals surface area contributed by atoms with E-state index in [1.54, 1.807) is 44.1 Å². The molecule has 208 valence electrons. The van der Waals surface area contributed by atoms with E-state index in [9.17, 15) is 9.59 Å². The molecule has 0 aliphatic heterocycles. The molecule has 0 aliphatic rings. The van der Waals surface area contributed by atoms with E-state index in [2.05, 4.69) is 20.8 Å². The van der Waals surface area contributed by atoms with Crippen LogP contribution in [0.5, 0.6) is 17.2 Å². The van der Waals surface area contributed by atoms with Gasteiger partial charge in [0.25, 0.3) is 0 Å². The summed E-state index contributed by atoms with van der Waals surface area (Å²) >= 11 is 1.22. The molecule has 0 aliphatic carbocycles. The summed E-state index contributed by atoms with van der Waals surface area (Å²) in [6.07, 6.45) is 0.196. The Hall–Kier alpha value is -4.51. The third-order valence-corrected chi connectivity index (χ3v) is 6.86. The molecule has 40 heavy (non-hydrogen) atoms. The van der Waals surface area contributed by atoms with Crippen molar-refractivity contribution in [2.45, 2.75) is 25.0 Å². The predicted molar refractivity (Wildman–Crippen MR) is 154 cm³/mol. The minimum atomic E-state index is -0.183. The van der Waals surface area contributed by atoms with Crippen LogP contribution in [0.2, 0.25) is 0 Å². The Bertz CT molecular complexity index is 1470. The van der Waals surface area contributed by atoms with Crippen molar-refractivity contribution in [3.8, 4) is 22.9 Å². The van der Waals surface area contributed by atoms with E-state index < -0.39 is 0 Å². The normalized spacial score (nSPS) is 10.6. The Balaban J connectivity index is 1.54. The second kappa shape index (κ2) is 13.5. The van der Waals surface area contributed by atoms with E-state index in [4.69, 9.17) is 14.2 Å². The zero-order valence-electron chi connectivity index (χ0n) is 22.8. The van der Waals surface area contributed by atoms with Crippen LogP contribution in [0.1, 0.15) is 17.0 Å². The number of nitrogens with one attached hydrogen (secondary N) is 2. The number of benzene rings is 3. The van der Waals surface area contributed by atoms with Crippen LogP contribution in [0.15, 0.2) is 71.9 Å². The fraction of sp³-hybridized carbons (Fsp3) is 0.241. The molecule has 11 heteroatoms. The maximum atomic E-state index is 12.7. The van der Waals surface area contributed by atoms with Crippen LogP contribution in [-0.2, 0) is 22.6 Å². The van der Waals surface area contributed by atoms with Gasteiger partial charge in [0.05, 0.1) is 45.7 Å². The first-order valence-corrected chi connectivity index (χ1v) is 13.4. The van der Waals surface area contributed by atoms with Gasteiger partial charge in [0.1, 0.15) is 17.2 Å². The van der Waals surface area contributed by atoms with Gasteiger partial charge in [-0.25, -0.2) is 0 Å². The summed E-state index contributed by atoms with van der Waals surface area (Å²) < 4.78 is 18.0. The van der Waals surface area contributed by atoms with Gasteiger partial charge in [-0.15, -0.1) is 10.2 Å². The van der Waals surface area contributed by atoms with Crippen molar-refractivity contribution in [2.75, 3.05) is 32.4 Å². The number of ether oxygens (including phenoxy) is 3. The quantitative estimate of drug-likeness (QED) is 0.247. The smallest absolute Gasteiger partial charge is 0.234 e. The standard InChI is InChI=1S/C29H31N5O5S/c1-19-6-5-7-21(14-19)31-28(36)18-40-29-33-32-26(34(29)24-16-23(38-3)12-13-25(24)39-4)17-30-27(35)15-20-8-10-22(37-2)11-9-20/h5-14,16H,15,17-18H2,1-4H3,(H,30,35)(H,31,36). The van der Waals surface area contributed by atoms with E-state index in [1.165, 1.54) is 11.8 Å². The van der Waals surface area contributed by atoms with E-state index in [-0.39, 0.29) is 30.5 Å². The molecule has 1 heterocycles. The van der Waals surface area contributed by atoms with Gasteiger partial charge in [-0.1, -0.05) is 36.0 Å². The van der Waals surface area contributed by atoms with Crippen molar-refractivity contribution in [3.63, 3.8) is 0 Å². The number of aromatic nitrogens is 3. The molecule has 4 rings (SSSR count). The van der Waals surface area contributed by atoms with Crippen LogP contribution in [0, 0.1) is 6.92 Å². The molecule has 3 aromatic carbocycles. The van der Waals surface area contributed by atoms with Gasteiger partial charge in [0.2, 0.25) is 11.8 Å². The number of carbonyl (C=O) groups is 2. The molecule has 0 unspecified atom stereocenters. The number of hydrogen-bond donors (Lipinski definition) is 2. The Labute approximate surface area is 237 Å². The van der Waals surface area contributed by atoms with Crippen molar-refractivity contribution in [1.29, 1.82) is 0 Å². The number of carbonyl (C=O) groups excluding carboxylic acids is 2. The van der Waals surface area contributed by atoms with E-state index in [0.717, 1.165) is 22.6 Å². The Morgan fingerprint density at radius 1 is 0.875 bits per heavy atom. The molecule has 0 bridgehead atoms. The molecule has 0 saturated carbocycles. The minimum absolute atomic E-state index is 0.0994. The summed E-state index contributed by atoms with van der Waals surface area (Å²) in [6, 6.07) is 20.3. The number of nitrogens with zero attached hydrogens (tertiary/aromatic N) is 3. The first kappa shape index (κ1) is 28.5. The largest absolute Gasteiger partial charge is 0.497 e. The summed E-state index contributed by atoms with van der Waals surface area (Å²) in [5.74, 6) is 2.09. The van der Waals surface area contributed by atoms with Crippen molar-refractivity contribution in [2.24, 2.45) is 0 Å². The van der Waals surface area contributed by atoms with Crippen molar-refractivity contribution in [3.05, 3.63) is 83.7 Å². The molecule has 0 saturated heterocycles. The monoisotopic (exact) mass is 561 g/mol. The van der Waals surface area contributed by atoms with Crippen molar-refractivity contribution >= 4 is 29.3 Å². The maximum Gasteiger partial charge on any atom is 0.234 e. The highest BCUT2D eigenvalue weighted by Gasteiger charge is 2.20. The number of hydrogen-bond acceptors (Lipinski definition) is 8. The lowest BCUT2D eigenvalue weighted by Gasteiger charge is -2.15. The topological polar surface area (TPSA) is 117 Å². The maximum absolute atomic E-state index is 12.7. The summed E-state index contributed by atoms with van der Waals surface area (Å²) in [5.41, 5.74) is 3.24. The van der Waals surface area contributed by atoms with E-state index in [0.29, 0.717) is 28.2 Å². The number of methoxy groups -OCH3 is 3. The van der Waals surface area contributed by atoms with Gasteiger partial charge in [0.15, 0.2) is 11.0 Å². The summed E-state index contributed by atoms with van der Waals surface area (Å²) in [5, 5.41) is 14.9. The molecule has 1 aromatic heterocycles. The van der Waals surface area contributed by atoms with Crippen LogP contribution in [0.3, 0.4) is 0 Å². The van der Waals surface area contributed by atoms with Crippen LogP contribution < -0.4 is 24.8 Å². The first-order chi connectivity index (χ1) is 19.4. The van der Waals surface area contributed by atoms with E-state index in [1.807, 2.05) is 55.5 Å². The van der Waals surface area contributed by atoms with Gasteiger partial charge >= 0.3 is 0 Å². The highest BCUT2D eigenvalue weighted by molar-refractivity contribution is 7.99. The first-order valence-electron chi connectivity index (χ1n) is 12.5. The summed E-state index contributed by atoms with van der Waals surface area (Å²) in [7, 11) is 4.73. The van der Waals surface area contributed by atoms with Gasteiger partial charge < -0.3 is 24.8 Å². The highest BCUT2D eigenvalue weighted by atomic mass is 32.2. The van der Waals surface area contributed by atoms with Crippen molar-refractivity contribution < 1.29 is 23.8 Å². The zero-order chi connectivity index (χ0) is 28.5. The molecule has 0 atom stereocenters. The molecule has 2 amide bonds. The van der Waals surface area contributed by atoms with E-state index >= 15 is 0 Å². The lowest BCUT2D eigenvalue weighted by atomic mass is 10.1. The number of thioether (sulfide) groups is 1. The van der Waals surface area contributed by atoms with Gasteiger partial charge in [0, 0.05) is 11.8 Å². The average molecular weight is 562 g/mol. The number of aryl methyl sites for hydroxylation is 1. The lowest BCUT2D eigenvalue weighted by Crippen LogP contribution is -2.26. The Morgan fingerprint density at radius 2 is 1.62 bits per heavy atom. The van der Waals surface area contributed by atoms with Crippen molar-refractivity contribution in [1.82, 2.24) is 20.1 Å². The molecular weight excluding hydrogens is 530 g/mol. The third kappa shape index (κ3) is 7.32. The molecule has 2 N–H and O–H groups in total. The fourth-order valence-electron chi connectivity index (χ4n) is 3.94. The summed E-state index contributed by atoms with van der Waals surface area (Å²) in [6.45, 7) is 2.07. The number of anilines is 1. The Kier molecular flexibility index (Phi) is 9.63. The fourth-order valence-corrected chi connectivity index (χ4v) is 4.70. The van der Waals surface area contributed by atoms with Gasteiger partial charge in [-0.05, 0) is 54.4 Å². The molecule has 0 radical (unpaired) electrons. The second-order valence-corrected chi connectivity index (χ2v) is 9.72. The SMILES string of the molecule is COc1ccc(CC(=O)NCc2nnc(SCC(=O)Nc3cccc(C)c3)n2-c2cc(OC)ccc2OC)cc1. The van der Waals surface area contributed by atoms with Crippen LogP contribution in [0.4, 0.5) is 5.69 Å².